The highest BCUT2D eigenvalue weighted by atomic mass is 16.2. The Kier molecular flexibility index (Phi) is 5.59. The summed E-state index contributed by atoms with van der Waals surface area (Å²) in [6.45, 7) is 0.823. The van der Waals surface area contributed by atoms with Crippen LogP contribution in [0.2, 0.25) is 0 Å². The molecular formula is C21H21N3O2. The topological polar surface area (TPSA) is 55.2 Å². The highest BCUT2D eigenvalue weighted by Gasteiger charge is 2.25. The summed E-state index contributed by atoms with van der Waals surface area (Å²) in [5.41, 5.74) is 2.42. The van der Waals surface area contributed by atoms with Gasteiger partial charge in [-0.15, -0.1) is 0 Å². The van der Waals surface area contributed by atoms with Crippen molar-refractivity contribution in [1.29, 1.82) is 0 Å². The third-order valence-corrected chi connectivity index (χ3v) is 4.27. The average Bonchev–Trinajstić information content (AvgIpc) is 3.11. The first kappa shape index (κ1) is 17.6. The summed E-state index contributed by atoms with van der Waals surface area (Å²) in [6, 6.07) is 17.1. The summed E-state index contributed by atoms with van der Waals surface area (Å²) >= 11 is 0. The maximum absolute atomic E-state index is 12.9. The first-order valence-electron chi connectivity index (χ1n) is 8.53. The van der Waals surface area contributed by atoms with Gasteiger partial charge >= 0.3 is 0 Å². The molecule has 0 aliphatic rings. The van der Waals surface area contributed by atoms with E-state index in [0.29, 0.717) is 25.2 Å². The number of hydrogen-bond donors (Lipinski definition) is 0. The van der Waals surface area contributed by atoms with Gasteiger partial charge in [-0.2, -0.15) is 0 Å². The first-order chi connectivity index (χ1) is 12.6. The molecule has 1 amide bonds. The molecule has 0 fully saturated rings. The Balaban J connectivity index is 1.78. The first-order valence-corrected chi connectivity index (χ1v) is 8.53. The molecule has 3 rings (SSSR count). The van der Waals surface area contributed by atoms with E-state index in [0.717, 1.165) is 11.1 Å². The van der Waals surface area contributed by atoms with Gasteiger partial charge in [0.2, 0.25) is 0 Å². The van der Waals surface area contributed by atoms with Crippen LogP contribution in [0.3, 0.4) is 0 Å². The zero-order valence-corrected chi connectivity index (χ0v) is 14.7. The fraction of sp³-hybridized carbons (Fsp3) is 0.190. The Hall–Kier alpha value is -3.21. The summed E-state index contributed by atoms with van der Waals surface area (Å²) in [6.07, 6.45) is 5.85. The number of carbonyl (C=O) groups is 2. The predicted molar refractivity (Wildman–Crippen MR) is 99.5 cm³/mol. The standard InChI is InChI=1S/C21H21N3O2/c1-23-13-6-10-19(23)20(25)21(26)24(16-18-9-5-12-22-15-18)14-11-17-7-3-2-4-8-17/h2-10,12-13,15H,11,14,16H2,1H3. The molecule has 0 spiro atoms. The van der Waals surface area contributed by atoms with Crippen molar-refractivity contribution in [3.63, 3.8) is 0 Å². The van der Waals surface area contributed by atoms with Gasteiger partial charge in [0.25, 0.3) is 11.7 Å². The van der Waals surface area contributed by atoms with Crippen LogP contribution in [0.1, 0.15) is 21.6 Å². The molecule has 3 aromatic rings. The molecular weight excluding hydrogens is 326 g/mol. The van der Waals surface area contributed by atoms with E-state index in [-0.39, 0.29) is 0 Å². The highest BCUT2D eigenvalue weighted by molar-refractivity contribution is 6.42. The molecule has 0 radical (unpaired) electrons. The lowest BCUT2D eigenvalue weighted by atomic mass is 10.1. The Morgan fingerprint density at radius 3 is 2.42 bits per heavy atom. The number of pyridine rings is 1. The van der Waals surface area contributed by atoms with E-state index in [1.165, 1.54) is 0 Å². The molecule has 0 aliphatic heterocycles. The van der Waals surface area contributed by atoms with Crippen molar-refractivity contribution >= 4 is 11.7 Å². The van der Waals surface area contributed by atoms with Gasteiger partial charge in [0.15, 0.2) is 0 Å². The van der Waals surface area contributed by atoms with Crippen LogP contribution in [0.15, 0.2) is 73.2 Å². The summed E-state index contributed by atoms with van der Waals surface area (Å²) in [4.78, 5) is 31.2. The van der Waals surface area contributed by atoms with Crippen LogP contribution in [-0.4, -0.2) is 32.7 Å². The van der Waals surface area contributed by atoms with E-state index >= 15 is 0 Å². The zero-order valence-electron chi connectivity index (χ0n) is 14.7. The molecule has 0 atom stereocenters. The minimum Gasteiger partial charge on any atom is -0.348 e. The number of Topliss-reactive ketones (excluding diaryl/α,β-unsaturated/α-hetero) is 1. The molecule has 0 saturated heterocycles. The van der Waals surface area contributed by atoms with Crippen molar-refractivity contribution < 1.29 is 9.59 Å². The normalized spacial score (nSPS) is 10.5. The van der Waals surface area contributed by atoms with Crippen molar-refractivity contribution in [2.45, 2.75) is 13.0 Å². The number of ketones is 1. The minimum absolute atomic E-state index is 0.357. The van der Waals surface area contributed by atoms with Crippen LogP contribution in [0.25, 0.3) is 0 Å². The van der Waals surface area contributed by atoms with Crippen LogP contribution < -0.4 is 0 Å². The number of aryl methyl sites for hydroxylation is 1. The Labute approximate surface area is 152 Å². The minimum atomic E-state index is -0.494. The average molecular weight is 347 g/mol. The molecule has 132 valence electrons. The Morgan fingerprint density at radius 1 is 1.00 bits per heavy atom. The Bertz CT molecular complexity index is 873. The molecule has 0 bridgehead atoms. The van der Waals surface area contributed by atoms with Crippen molar-refractivity contribution in [2.24, 2.45) is 7.05 Å². The molecule has 0 aliphatic carbocycles. The van der Waals surface area contributed by atoms with Crippen LogP contribution in [-0.2, 0) is 24.8 Å². The molecule has 5 nitrogen and oxygen atoms in total. The monoisotopic (exact) mass is 347 g/mol. The number of carbonyl (C=O) groups excluding carboxylic acids is 2. The molecule has 26 heavy (non-hydrogen) atoms. The fourth-order valence-electron chi connectivity index (χ4n) is 2.82. The van der Waals surface area contributed by atoms with Crippen molar-refractivity contribution in [2.75, 3.05) is 6.54 Å². The molecule has 1 aromatic carbocycles. The lowest BCUT2D eigenvalue weighted by Crippen LogP contribution is -2.38. The molecule has 0 N–H and O–H groups in total. The lowest BCUT2D eigenvalue weighted by molar-refractivity contribution is -0.127. The number of rotatable bonds is 7. The largest absolute Gasteiger partial charge is 0.348 e. The fourth-order valence-corrected chi connectivity index (χ4v) is 2.82. The van der Waals surface area contributed by atoms with Gasteiger partial charge in [-0.3, -0.25) is 14.6 Å². The SMILES string of the molecule is Cn1cccc1C(=O)C(=O)N(CCc1ccccc1)Cc1cccnc1. The smallest absolute Gasteiger partial charge is 0.296 e. The van der Waals surface area contributed by atoms with Gasteiger partial charge in [0, 0.05) is 38.7 Å². The third kappa shape index (κ3) is 4.25. The second kappa shape index (κ2) is 8.25. The van der Waals surface area contributed by atoms with Gasteiger partial charge in [-0.1, -0.05) is 36.4 Å². The summed E-state index contributed by atoms with van der Waals surface area (Å²) in [5, 5.41) is 0. The zero-order chi connectivity index (χ0) is 18.4. The second-order valence-corrected chi connectivity index (χ2v) is 6.16. The van der Waals surface area contributed by atoms with E-state index in [4.69, 9.17) is 0 Å². The molecule has 0 saturated carbocycles. The second-order valence-electron chi connectivity index (χ2n) is 6.16. The van der Waals surface area contributed by atoms with Gasteiger partial charge in [0.05, 0.1) is 5.69 Å². The van der Waals surface area contributed by atoms with Crippen molar-refractivity contribution in [1.82, 2.24) is 14.5 Å². The summed E-state index contributed by atoms with van der Waals surface area (Å²) in [7, 11) is 1.76. The number of nitrogens with zero attached hydrogens (tertiary/aromatic N) is 3. The molecule has 0 unspecified atom stereocenters. The number of benzene rings is 1. The molecule has 2 aromatic heterocycles. The van der Waals surface area contributed by atoms with E-state index in [9.17, 15) is 9.59 Å². The number of hydrogen-bond acceptors (Lipinski definition) is 3. The van der Waals surface area contributed by atoms with Gasteiger partial charge < -0.3 is 9.47 Å². The summed E-state index contributed by atoms with van der Waals surface area (Å²) < 4.78 is 1.67. The molecule has 5 heteroatoms. The predicted octanol–water partition coefficient (Wildman–Crippen LogP) is 2.87. The van der Waals surface area contributed by atoms with Crippen LogP contribution in [0.5, 0.6) is 0 Å². The number of aromatic nitrogens is 2. The van der Waals surface area contributed by atoms with Crippen LogP contribution in [0.4, 0.5) is 0 Å². The third-order valence-electron chi connectivity index (χ3n) is 4.27. The number of amides is 1. The molecule has 2 heterocycles. The van der Waals surface area contributed by atoms with Gasteiger partial charge in [0.1, 0.15) is 0 Å². The van der Waals surface area contributed by atoms with E-state index in [1.54, 1.807) is 47.2 Å². The van der Waals surface area contributed by atoms with Gasteiger partial charge in [-0.25, -0.2) is 0 Å². The lowest BCUT2D eigenvalue weighted by Gasteiger charge is -2.22. The maximum atomic E-state index is 12.9. The van der Waals surface area contributed by atoms with Crippen LogP contribution in [0, 0.1) is 0 Å². The van der Waals surface area contributed by atoms with E-state index in [1.807, 2.05) is 42.5 Å². The van der Waals surface area contributed by atoms with Gasteiger partial charge in [-0.05, 0) is 35.7 Å². The highest BCUT2D eigenvalue weighted by Crippen LogP contribution is 2.10. The van der Waals surface area contributed by atoms with Crippen LogP contribution >= 0.6 is 0 Å². The van der Waals surface area contributed by atoms with E-state index < -0.39 is 11.7 Å². The van der Waals surface area contributed by atoms with E-state index in [2.05, 4.69) is 4.98 Å². The Morgan fingerprint density at radius 2 is 1.77 bits per heavy atom. The van der Waals surface area contributed by atoms with Crippen molar-refractivity contribution in [3.8, 4) is 0 Å². The maximum Gasteiger partial charge on any atom is 0.296 e. The summed E-state index contributed by atoms with van der Waals surface area (Å²) in [5.74, 6) is -0.985. The van der Waals surface area contributed by atoms with Crippen molar-refractivity contribution in [3.05, 3.63) is 90.0 Å². The quantitative estimate of drug-likeness (QED) is 0.488.